The van der Waals surface area contributed by atoms with Crippen molar-refractivity contribution < 1.29 is 13.3 Å². The number of benzene rings is 1. The van der Waals surface area contributed by atoms with Gasteiger partial charge >= 0.3 is 0 Å². The Balaban J connectivity index is 2.09. The van der Waals surface area contributed by atoms with Gasteiger partial charge in [-0.3, -0.25) is 10.1 Å². The van der Waals surface area contributed by atoms with Crippen molar-refractivity contribution in [2.24, 2.45) is 5.14 Å². The molecule has 1 aliphatic rings. The van der Waals surface area contributed by atoms with Crippen molar-refractivity contribution in [3.63, 3.8) is 0 Å². The van der Waals surface area contributed by atoms with Crippen molar-refractivity contribution in [1.82, 2.24) is 5.32 Å². The van der Waals surface area contributed by atoms with Gasteiger partial charge in [-0.2, -0.15) is 0 Å². The van der Waals surface area contributed by atoms with Crippen LogP contribution >= 0.6 is 0 Å². The normalized spacial score (nSPS) is 18.6. The van der Waals surface area contributed by atoms with E-state index in [0.29, 0.717) is 18.3 Å². The summed E-state index contributed by atoms with van der Waals surface area (Å²) >= 11 is 0. The Morgan fingerprint density at radius 1 is 1.48 bits per heavy atom. The Labute approximate surface area is 122 Å². The number of rotatable bonds is 6. The van der Waals surface area contributed by atoms with E-state index in [9.17, 15) is 18.5 Å². The third kappa shape index (κ3) is 4.13. The van der Waals surface area contributed by atoms with Crippen LogP contribution in [0.2, 0.25) is 0 Å². The van der Waals surface area contributed by atoms with E-state index in [-0.39, 0.29) is 10.6 Å². The summed E-state index contributed by atoms with van der Waals surface area (Å²) in [5.41, 5.74) is 0.00584. The Hall–Kier alpha value is -1.71. The van der Waals surface area contributed by atoms with Crippen LogP contribution in [0.3, 0.4) is 0 Å². The molecule has 1 saturated heterocycles. The lowest BCUT2D eigenvalue weighted by Crippen LogP contribution is -2.24. The lowest BCUT2D eigenvalue weighted by atomic mass is 10.1. The van der Waals surface area contributed by atoms with Crippen molar-refractivity contribution in [2.75, 3.05) is 18.4 Å². The minimum atomic E-state index is -3.95. The van der Waals surface area contributed by atoms with Crippen LogP contribution in [-0.2, 0) is 10.0 Å². The molecule has 4 N–H and O–H groups in total. The Bertz CT molecular complexity index is 626. The molecule has 1 heterocycles. The molecule has 0 bridgehead atoms. The van der Waals surface area contributed by atoms with Crippen LogP contribution in [-0.4, -0.2) is 32.5 Å². The molecule has 8 nitrogen and oxygen atoms in total. The average Bonchev–Trinajstić information content (AvgIpc) is 2.90. The minimum Gasteiger partial charge on any atom is -0.379 e. The highest BCUT2D eigenvalue weighted by Gasteiger charge is 2.19. The van der Waals surface area contributed by atoms with Gasteiger partial charge < -0.3 is 10.6 Å². The summed E-state index contributed by atoms with van der Waals surface area (Å²) in [5, 5.41) is 22.3. The predicted molar refractivity (Wildman–Crippen MR) is 78.6 cm³/mol. The van der Waals surface area contributed by atoms with E-state index in [1.54, 1.807) is 0 Å². The van der Waals surface area contributed by atoms with E-state index in [1.807, 2.05) is 0 Å². The lowest BCUT2D eigenvalue weighted by Gasteiger charge is -2.12. The third-order valence-electron chi connectivity index (χ3n) is 3.47. The molecule has 116 valence electrons. The van der Waals surface area contributed by atoms with Gasteiger partial charge in [-0.05, 0) is 37.9 Å². The maximum atomic E-state index is 11.2. The molecular formula is C12H18N4O4S. The summed E-state index contributed by atoms with van der Waals surface area (Å²) in [5.74, 6) is 0. The summed E-state index contributed by atoms with van der Waals surface area (Å²) in [4.78, 5) is 10.2. The second-order valence-corrected chi connectivity index (χ2v) is 6.55. The maximum Gasteiger partial charge on any atom is 0.293 e. The molecule has 0 amide bonds. The van der Waals surface area contributed by atoms with Crippen LogP contribution in [0.25, 0.3) is 0 Å². The SMILES string of the molecule is NS(=O)(=O)c1ccc(NCC[C@H]2CCCN2)c([N+](=O)[O-])c1. The van der Waals surface area contributed by atoms with E-state index < -0.39 is 14.9 Å². The zero-order valence-electron chi connectivity index (χ0n) is 11.4. The topological polar surface area (TPSA) is 127 Å². The number of sulfonamides is 1. The number of nitrogens with two attached hydrogens (primary N) is 1. The number of hydrogen-bond donors (Lipinski definition) is 3. The highest BCUT2D eigenvalue weighted by Crippen LogP contribution is 2.27. The molecule has 1 aromatic rings. The van der Waals surface area contributed by atoms with E-state index in [4.69, 9.17) is 5.14 Å². The molecule has 0 saturated carbocycles. The first-order valence-corrected chi connectivity index (χ1v) is 8.21. The molecule has 1 aliphatic heterocycles. The zero-order chi connectivity index (χ0) is 15.5. The first kappa shape index (κ1) is 15.7. The van der Waals surface area contributed by atoms with Crippen LogP contribution in [0, 0.1) is 10.1 Å². The molecule has 0 spiro atoms. The van der Waals surface area contributed by atoms with Crippen molar-refractivity contribution >= 4 is 21.4 Å². The molecule has 1 atom stereocenters. The fraction of sp³-hybridized carbons (Fsp3) is 0.500. The molecule has 0 unspecified atom stereocenters. The summed E-state index contributed by atoms with van der Waals surface area (Å²) in [6, 6.07) is 4.05. The smallest absolute Gasteiger partial charge is 0.293 e. The average molecular weight is 314 g/mol. The van der Waals surface area contributed by atoms with Gasteiger partial charge in [0.2, 0.25) is 10.0 Å². The summed E-state index contributed by atoms with van der Waals surface area (Å²) in [7, 11) is -3.95. The highest BCUT2D eigenvalue weighted by atomic mass is 32.2. The number of anilines is 1. The molecule has 1 fully saturated rings. The van der Waals surface area contributed by atoms with Crippen LogP contribution in [0.15, 0.2) is 23.1 Å². The van der Waals surface area contributed by atoms with Crippen molar-refractivity contribution in [1.29, 1.82) is 0 Å². The van der Waals surface area contributed by atoms with E-state index in [0.717, 1.165) is 31.9 Å². The van der Waals surface area contributed by atoms with Crippen LogP contribution < -0.4 is 15.8 Å². The van der Waals surface area contributed by atoms with E-state index >= 15 is 0 Å². The van der Waals surface area contributed by atoms with Crippen molar-refractivity contribution in [3.05, 3.63) is 28.3 Å². The van der Waals surface area contributed by atoms with Crippen molar-refractivity contribution in [3.8, 4) is 0 Å². The Morgan fingerprint density at radius 2 is 2.24 bits per heavy atom. The highest BCUT2D eigenvalue weighted by molar-refractivity contribution is 7.89. The molecule has 0 radical (unpaired) electrons. The monoisotopic (exact) mass is 314 g/mol. The molecule has 2 rings (SSSR count). The number of primary sulfonamides is 1. The number of nitro benzene ring substituents is 1. The molecule has 0 aromatic heterocycles. The van der Waals surface area contributed by atoms with Crippen molar-refractivity contribution in [2.45, 2.75) is 30.2 Å². The fourth-order valence-corrected chi connectivity index (χ4v) is 2.91. The minimum absolute atomic E-state index is 0.266. The van der Waals surface area contributed by atoms with Crippen LogP contribution in [0.4, 0.5) is 11.4 Å². The quantitative estimate of drug-likeness (QED) is 0.526. The maximum absolute atomic E-state index is 11.2. The first-order chi connectivity index (χ1) is 9.88. The van der Waals surface area contributed by atoms with Gasteiger partial charge in [0.1, 0.15) is 5.69 Å². The molecular weight excluding hydrogens is 296 g/mol. The fourth-order valence-electron chi connectivity index (χ4n) is 2.37. The van der Waals surface area contributed by atoms with Gasteiger partial charge in [0, 0.05) is 18.7 Å². The van der Waals surface area contributed by atoms with E-state index in [2.05, 4.69) is 10.6 Å². The van der Waals surface area contributed by atoms with Gasteiger partial charge in [-0.25, -0.2) is 13.6 Å². The second kappa shape index (κ2) is 6.37. The van der Waals surface area contributed by atoms with Gasteiger partial charge in [0.05, 0.1) is 9.82 Å². The van der Waals surface area contributed by atoms with Gasteiger partial charge in [0.15, 0.2) is 0 Å². The second-order valence-electron chi connectivity index (χ2n) is 4.99. The summed E-state index contributed by atoms with van der Waals surface area (Å²) in [6.45, 7) is 1.58. The molecule has 1 aromatic carbocycles. The summed E-state index contributed by atoms with van der Waals surface area (Å²) < 4.78 is 22.5. The Kier molecular flexibility index (Phi) is 4.76. The lowest BCUT2D eigenvalue weighted by molar-refractivity contribution is -0.384. The largest absolute Gasteiger partial charge is 0.379 e. The number of nitro groups is 1. The number of nitrogens with zero attached hydrogens (tertiary/aromatic N) is 1. The molecule has 21 heavy (non-hydrogen) atoms. The van der Waals surface area contributed by atoms with Gasteiger partial charge in [-0.15, -0.1) is 0 Å². The van der Waals surface area contributed by atoms with E-state index in [1.165, 1.54) is 12.1 Å². The summed E-state index contributed by atoms with van der Waals surface area (Å²) in [6.07, 6.45) is 3.11. The van der Waals surface area contributed by atoms with Crippen LogP contribution in [0.1, 0.15) is 19.3 Å². The third-order valence-corrected chi connectivity index (χ3v) is 4.38. The van der Waals surface area contributed by atoms with Gasteiger partial charge in [0.25, 0.3) is 5.69 Å². The number of nitrogens with one attached hydrogen (secondary N) is 2. The molecule has 0 aliphatic carbocycles. The molecule has 9 heteroatoms. The Morgan fingerprint density at radius 3 is 2.81 bits per heavy atom. The predicted octanol–water partition coefficient (Wildman–Crippen LogP) is 0.796. The van der Waals surface area contributed by atoms with Crippen LogP contribution in [0.5, 0.6) is 0 Å². The standard InChI is InChI=1S/C12H18N4O4S/c13-21(19,20)10-3-4-11(12(8-10)16(17)18)15-7-5-9-2-1-6-14-9/h3-4,8-9,14-15H,1-2,5-7H2,(H2,13,19,20)/t9-/m1/s1. The number of hydrogen-bond acceptors (Lipinski definition) is 6. The van der Waals surface area contributed by atoms with Gasteiger partial charge in [-0.1, -0.05) is 0 Å². The zero-order valence-corrected chi connectivity index (χ0v) is 12.2. The first-order valence-electron chi connectivity index (χ1n) is 6.66.